The van der Waals surface area contributed by atoms with Crippen molar-refractivity contribution in [3.8, 4) is 11.1 Å². The third-order valence-electron chi connectivity index (χ3n) is 4.84. The summed E-state index contributed by atoms with van der Waals surface area (Å²) in [5.41, 5.74) is 2.97. The van der Waals surface area contributed by atoms with Crippen LogP contribution in [0, 0.1) is 0 Å². The number of ether oxygens (including phenoxy) is 1. The van der Waals surface area contributed by atoms with Crippen molar-refractivity contribution in [3.63, 3.8) is 0 Å². The Morgan fingerprint density at radius 2 is 1.61 bits per heavy atom. The second-order valence-electron chi connectivity index (χ2n) is 6.96. The summed E-state index contributed by atoms with van der Waals surface area (Å²) >= 11 is 0. The predicted molar refractivity (Wildman–Crippen MR) is 121 cm³/mol. The highest BCUT2D eigenvalue weighted by molar-refractivity contribution is 6.07. The molecule has 1 aliphatic rings. The van der Waals surface area contributed by atoms with E-state index in [1.165, 1.54) is 24.9 Å². The van der Waals surface area contributed by atoms with Gasteiger partial charge in [0.1, 0.15) is 11.4 Å². The molecule has 0 unspecified atom stereocenters. The lowest BCUT2D eigenvalue weighted by atomic mass is 9.97. The number of amides is 2. The van der Waals surface area contributed by atoms with E-state index in [1.807, 2.05) is 42.5 Å². The van der Waals surface area contributed by atoms with Gasteiger partial charge in [-0.2, -0.15) is 0 Å². The van der Waals surface area contributed by atoms with Crippen LogP contribution in [0.1, 0.15) is 42.6 Å². The smallest absolute Gasteiger partial charge is 0.353 e. The molecule has 0 fully saturated rings. The monoisotopic (exact) mass is 420 g/mol. The first-order valence-corrected chi connectivity index (χ1v) is 10.1. The zero-order valence-corrected chi connectivity index (χ0v) is 18.2. The van der Waals surface area contributed by atoms with Gasteiger partial charge in [0.25, 0.3) is 11.8 Å². The quantitative estimate of drug-likeness (QED) is 0.554. The lowest BCUT2D eigenvalue weighted by molar-refractivity contribution is -0.137. The van der Waals surface area contributed by atoms with Gasteiger partial charge in [0, 0.05) is 5.56 Å². The first-order chi connectivity index (χ1) is 14.8. The molecular weight excluding hydrogens is 392 g/mol. The average Bonchev–Trinajstić information content (AvgIpc) is 3.15. The van der Waals surface area contributed by atoms with Crippen LogP contribution in [0.3, 0.4) is 0 Å². The molecule has 1 aliphatic heterocycles. The number of nitrogens with one attached hydrogen (secondary N) is 1. The Kier molecular flexibility index (Phi) is 8.32. The maximum absolute atomic E-state index is 12.8. The molecule has 0 aromatic heterocycles. The summed E-state index contributed by atoms with van der Waals surface area (Å²) in [6, 6.07) is 15.2. The molecule has 6 heteroatoms. The van der Waals surface area contributed by atoms with E-state index in [1.54, 1.807) is 6.07 Å². The molecule has 162 valence electrons. The van der Waals surface area contributed by atoms with E-state index < -0.39 is 11.9 Å². The lowest BCUT2D eigenvalue weighted by Gasteiger charge is -2.18. The van der Waals surface area contributed by atoms with Crippen LogP contribution in [0.25, 0.3) is 11.1 Å². The molecule has 0 spiro atoms. The number of carbonyl (C=O) groups is 3. The summed E-state index contributed by atoms with van der Waals surface area (Å²) in [7, 11) is 1.18. The van der Waals surface area contributed by atoms with Crippen molar-refractivity contribution < 1.29 is 19.1 Å². The zero-order valence-electron chi connectivity index (χ0n) is 18.2. The van der Waals surface area contributed by atoms with Crippen LogP contribution >= 0.6 is 0 Å². The van der Waals surface area contributed by atoms with Gasteiger partial charge in [0.05, 0.1) is 13.7 Å². The number of esters is 1. The highest BCUT2D eigenvalue weighted by atomic mass is 16.5. The molecule has 1 heterocycles. The van der Waals surface area contributed by atoms with Crippen molar-refractivity contribution >= 4 is 17.8 Å². The maximum Gasteiger partial charge on any atom is 0.353 e. The molecular formula is C25H28N2O4. The van der Waals surface area contributed by atoms with Crippen LogP contribution in [-0.2, 0) is 20.9 Å². The molecule has 1 N–H and O–H groups in total. The number of hydrogen-bond acceptors (Lipinski definition) is 4. The van der Waals surface area contributed by atoms with Crippen LogP contribution in [0.2, 0.25) is 0 Å². The van der Waals surface area contributed by atoms with Gasteiger partial charge in [-0.3, -0.25) is 14.5 Å². The summed E-state index contributed by atoms with van der Waals surface area (Å²) in [6.45, 7) is 11.7. The molecule has 0 radical (unpaired) electrons. The number of rotatable bonds is 6. The second kappa shape index (κ2) is 10.9. The molecule has 3 rings (SSSR count). The predicted octanol–water partition coefficient (Wildman–Crippen LogP) is 4.43. The summed E-state index contributed by atoms with van der Waals surface area (Å²) in [5.74, 6) is -1.77. The Bertz CT molecular complexity index is 994. The third-order valence-corrected chi connectivity index (χ3v) is 4.84. The minimum Gasteiger partial charge on any atom is -0.464 e. The van der Waals surface area contributed by atoms with E-state index in [9.17, 15) is 14.4 Å². The fourth-order valence-electron chi connectivity index (χ4n) is 2.95. The number of unbranched alkanes of at least 4 members (excludes halogenated alkanes) is 1. The van der Waals surface area contributed by atoms with Crippen molar-refractivity contribution in [1.29, 1.82) is 0 Å². The van der Waals surface area contributed by atoms with E-state index >= 15 is 0 Å². The zero-order chi connectivity index (χ0) is 23.0. The highest BCUT2D eigenvalue weighted by Crippen LogP contribution is 2.34. The average molecular weight is 421 g/mol. The molecule has 0 saturated heterocycles. The standard InChI is InChI=1S/C21H18N2O4.C4H10/c1-13(21(26)27-3)22-19(24)14(2)23-12-18-16(15-8-5-4-6-9-15)10-7-11-17(18)20(23)25;1-3-4-2/h4-11H,1-2,12H2,3H3,(H,22,24);3-4H2,1-2H3. The van der Waals surface area contributed by atoms with E-state index in [2.05, 4.69) is 37.1 Å². The van der Waals surface area contributed by atoms with Gasteiger partial charge < -0.3 is 10.1 Å². The van der Waals surface area contributed by atoms with Gasteiger partial charge in [-0.1, -0.05) is 82.3 Å². The normalized spacial score (nSPS) is 11.7. The molecule has 2 aromatic carbocycles. The van der Waals surface area contributed by atoms with Gasteiger partial charge in [-0.05, 0) is 22.8 Å². The number of carbonyl (C=O) groups excluding carboxylic acids is 3. The number of nitrogens with zero attached hydrogens (tertiary/aromatic N) is 1. The van der Waals surface area contributed by atoms with E-state index in [0.29, 0.717) is 5.56 Å². The molecule has 0 atom stereocenters. The minimum atomic E-state index is -0.765. The highest BCUT2D eigenvalue weighted by Gasteiger charge is 2.33. The molecule has 0 aliphatic carbocycles. The van der Waals surface area contributed by atoms with Gasteiger partial charge in [0.15, 0.2) is 0 Å². The van der Waals surface area contributed by atoms with Gasteiger partial charge >= 0.3 is 5.97 Å². The van der Waals surface area contributed by atoms with Crippen LogP contribution in [0.5, 0.6) is 0 Å². The Morgan fingerprint density at radius 3 is 2.19 bits per heavy atom. The van der Waals surface area contributed by atoms with Crippen LogP contribution in [0.15, 0.2) is 73.1 Å². The Morgan fingerprint density at radius 1 is 1.00 bits per heavy atom. The van der Waals surface area contributed by atoms with E-state index in [4.69, 9.17) is 0 Å². The summed E-state index contributed by atoms with van der Waals surface area (Å²) in [5, 5.41) is 2.30. The number of fused-ring (bicyclic) bond motifs is 1. The van der Waals surface area contributed by atoms with Crippen LogP contribution in [0.4, 0.5) is 0 Å². The van der Waals surface area contributed by atoms with E-state index in [0.717, 1.165) is 16.7 Å². The number of benzene rings is 2. The largest absolute Gasteiger partial charge is 0.464 e. The van der Waals surface area contributed by atoms with Crippen LogP contribution in [-0.4, -0.2) is 29.8 Å². The van der Waals surface area contributed by atoms with Gasteiger partial charge in [-0.15, -0.1) is 0 Å². The molecule has 2 amide bonds. The third kappa shape index (κ3) is 5.48. The molecule has 6 nitrogen and oxygen atoms in total. The Labute approximate surface area is 183 Å². The first kappa shape index (κ1) is 23.6. The molecule has 0 bridgehead atoms. The fraction of sp³-hybridized carbons (Fsp3) is 0.240. The number of hydrogen-bond donors (Lipinski definition) is 1. The fourth-order valence-corrected chi connectivity index (χ4v) is 2.95. The van der Waals surface area contributed by atoms with Crippen molar-refractivity contribution in [2.45, 2.75) is 33.2 Å². The maximum atomic E-state index is 12.8. The Balaban J connectivity index is 0.000000785. The van der Waals surface area contributed by atoms with Crippen molar-refractivity contribution in [2.24, 2.45) is 0 Å². The second-order valence-corrected chi connectivity index (χ2v) is 6.96. The molecule has 31 heavy (non-hydrogen) atoms. The van der Waals surface area contributed by atoms with Crippen LogP contribution < -0.4 is 5.32 Å². The summed E-state index contributed by atoms with van der Waals surface area (Å²) in [6.07, 6.45) is 2.64. The topological polar surface area (TPSA) is 75.7 Å². The Hall–Kier alpha value is -3.67. The van der Waals surface area contributed by atoms with Gasteiger partial charge in [0.2, 0.25) is 0 Å². The first-order valence-electron chi connectivity index (χ1n) is 10.1. The van der Waals surface area contributed by atoms with Gasteiger partial charge in [-0.25, -0.2) is 4.79 Å². The number of methoxy groups -OCH3 is 1. The summed E-state index contributed by atoms with van der Waals surface area (Å²) < 4.78 is 4.49. The van der Waals surface area contributed by atoms with Crippen molar-refractivity contribution in [1.82, 2.24) is 10.2 Å². The SMILES string of the molecule is C=C(NC(=O)C(=C)N1Cc2c(cccc2-c2ccccc2)C1=O)C(=O)OC.CCCC. The summed E-state index contributed by atoms with van der Waals surface area (Å²) in [4.78, 5) is 37.8. The minimum absolute atomic E-state index is 0.0692. The van der Waals surface area contributed by atoms with Crippen molar-refractivity contribution in [3.05, 3.63) is 84.2 Å². The molecule has 2 aromatic rings. The molecule has 0 saturated carbocycles. The van der Waals surface area contributed by atoms with E-state index in [-0.39, 0.29) is 23.8 Å². The lowest BCUT2D eigenvalue weighted by Crippen LogP contribution is -2.36. The van der Waals surface area contributed by atoms with Crippen molar-refractivity contribution in [2.75, 3.05) is 7.11 Å².